The number of esters is 1. The minimum absolute atomic E-state index is 0.112. The van der Waals surface area contributed by atoms with Gasteiger partial charge in [-0.25, -0.2) is 4.79 Å². The van der Waals surface area contributed by atoms with Crippen LogP contribution >= 0.6 is 0 Å². The van der Waals surface area contributed by atoms with Gasteiger partial charge in [0.05, 0.1) is 11.1 Å². The highest BCUT2D eigenvalue weighted by atomic mass is 16.5. The van der Waals surface area contributed by atoms with E-state index in [9.17, 15) is 9.59 Å². The lowest BCUT2D eigenvalue weighted by molar-refractivity contribution is 0.0727. The normalized spacial score (nSPS) is 11.0. The topological polar surface area (TPSA) is 61.2 Å². The molecule has 0 saturated carbocycles. The van der Waals surface area contributed by atoms with Crippen LogP contribution in [0.15, 0.2) is 48.5 Å². The van der Waals surface area contributed by atoms with E-state index in [1.165, 1.54) is 6.92 Å². The average Bonchev–Trinajstić information content (AvgIpc) is 2.95. The largest absolute Gasteiger partial charge is 0.421 e. The zero-order valence-corrected chi connectivity index (χ0v) is 13.8. The minimum Gasteiger partial charge on any atom is -0.421 e. The number of para-hydroxylation sites is 2. The molecule has 24 heavy (non-hydrogen) atoms. The molecule has 1 heterocycles. The Labute approximate surface area is 139 Å². The van der Waals surface area contributed by atoms with Crippen LogP contribution in [-0.2, 0) is 0 Å². The molecule has 1 aromatic heterocycles. The summed E-state index contributed by atoms with van der Waals surface area (Å²) in [7, 11) is 0. The summed E-state index contributed by atoms with van der Waals surface area (Å²) in [5.74, 6) is -0.478. The monoisotopic (exact) mass is 322 g/mol. The lowest BCUT2D eigenvalue weighted by Crippen LogP contribution is -2.13. The van der Waals surface area contributed by atoms with E-state index in [1.807, 2.05) is 38.1 Å². The van der Waals surface area contributed by atoms with E-state index in [-0.39, 0.29) is 23.3 Å². The van der Waals surface area contributed by atoms with Gasteiger partial charge in [-0.1, -0.05) is 30.3 Å². The fourth-order valence-electron chi connectivity index (χ4n) is 2.63. The van der Waals surface area contributed by atoms with Gasteiger partial charge in [-0.05, 0) is 39.0 Å². The Morgan fingerprint density at radius 2 is 1.71 bits per heavy atom. The third-order valence-electron chi connectivity index (χ3n) is 3.77. The standard InChI is InChI=1S/C19H18N2O3/c1-12(2)21-16-10-6-4-9-15(16)18(20-21)19(23)24-17-11-7-5-8-14(17)13(3)22/h4-12H,1-3H3. The number of ketones is 1. The molecule has 3 rings (SSSR count). The molecule has 0 aliphatic heterocycles. The van der Waals surface area contributed by atoms with Crippen molar-refractivity contribution in [2.45, 2.75) is 26.8 Å². The predicted octanol–water partition coefficient (Wildman–Crippen LogP) is 4.04. The number of hydrogen-bond acceptors (Lipinski definition) is 4. The number of carbonyl (C=O) groups excluding carboxylic acids is 2. The Hall–Kier alpha value is -2.95. The smallest absolute Gasteiger partial charge is 0.364 e. The molecule has 0 bridgehead atoms. The molecule has 0 amide bonds. The molecule has 0 aliphatic carbocycles. The Morgan fingerprint density at radius 3 is 2.42 bits per heavy atom. The zero-order chi connectivity index (χ0) is 17.3. The van der Waals surface area contributed by atoms with Crippen molar-refractivity contribution in [3.05, 3.63) is 59.8 Å². The fraction of sp³-hybridized carbons (Fsp3) is 0.211. The molecule has 2 aromatic carbocycles. The van der Waals surface area contributed by atoms with E-state index >= 15 is 0 Å². The highest BCUT2D eigenvalue weighted by molar-refractivity contribution is 6.04. The van der Waals surface area contributed by atoms with Gasteiger partial charge in [-0.2, -0.15) is 5.10 Å². The van der Waals surface area contributed by atoms with E-state index in [0.717, 1.165) is 10.9 Å². The summed E-state index contributed by atoms with van der Waals surface area (Å²) >= 11 is 0. The molecule has 0 atom stereocenters. The Kier molecular flexibility index (Phi) is 4.16. The number of hydrogen-bond donors (Lipinski definition) is 0. The van der Waals surface area contributed by atoms with Gasteiger partial charge in [-0.15, -0.1) is 0 Å². The number of benzene rings is 2. The third-order valence-corrected chi connectivity index (χ3v) is 3.77. The first-order chi connectivity index (χ1) is 11.5. The van der Waals surface area contributed by atoms with Crippen LogP contribution in [0.25, 0.3) is 10.9 Å². The van der Waals surface area contributed by atoms with Crippen molar-refractivity contribution < 1.29 is 14.3 Å². The SMILES string of the molecule is CC(=O)c1ccccc1OC(=O)c1nn(C(C)C)c2ccccc12. The molecule has 0 spiro atoms. The summed E-state index contributed by atoms with van der Waals surface area (Å²) in [6, 6.07) is 14.3. The molecule has 0 saturated heterocycles. The van der Waals surface area contributed by atoms with Gasteiger partial charge >= 0.3 is 5.97 Å². The van der Waals surface area contributed by atoms with E-state index in [4.69, 9.17) is 4.74 Å². The van der Waals surface area contributed by atoms with Crippen LogP contribution in [0.1, 0.15) is 47.7 Å². The summed E-state index contributed by atoms with van der Waals surface area (Å²) < 4.78 is 7.25. The summed E-state index contributed by atoms with van der Waals surface area (Å²) in [6.45, 7) is 5.44. The Bertz CT molecular complexity index is 925. The number of aromatic nitrogens is 2. The highest BCUT2D eigenvalue weighted by Crippen LogP contribution is 2.24. The molecule has 0 N–H and O–H groups in total. The van der Waals surface area contributed by atoms with E-state index < -0.39 is 5.97 Å². The average molecular weight is 322 g/mol. The summed E-state index contributed by atoms with van der Waals surface area (Å²) in [4.78, 5) is 24.3. The van der Waals surface area contributed by atoms with Crippen LogP contribution in [0.5, 0.6) is 5.75 Å². The van der Waals surface area contributed by atoms with Crippen LogP contribution in [0.2, 0.25) is 0 Å². The van der Waals surface area contributed by atoms with Crippen LogP contribution in [0.3, 0.4) is 0 Å². The summed E-state index contributed by atoms with van der Waals surface area (Å²) in [6.07, 6.45) is 0. The first-order valence-corrected chi connectivity index (χ1v) is 7.78. The second-order valence-electron chi connectivity index (χ2n) is 5.85. The molecule has 3 aromatic rings. The number of ether oxygens (including phenoxy) is 1. The van der Waals surface area contributed by atoms with Crippen LogP contribution in [0.4, 0.5) is 0 Å². The quantitative estimate of drug-likeness (QED) is 0.413. The molecule has 0 fully saturated rings. The van der Waals surface area contributed by atoms with Gasteiger partial charge in [0.15, 0.2) is 11.5 Å². The molecule has 122 valence electrons. The molecular formula is C19H18N2O3. The molecule has 0 radical (unpaired) electrons. The maximum atomic E-state index is 12.6. The maximum Gasteiger partial charge on any atom is 0.364 e. The van der Waals surface area contributed by atoms with E-state index in [1.54, 1.807) is 28.9 Å². The zero-order valence-electron chi connectivity index (χ0n) is 13.8. The van der Waals surface area contributed by atoms with Gasteiger partial charge in [0.2, 0.25) is 0 Å². The van der Waals surface area contributed by atoms with Crippen LogP contribution < -0.4 is 4.74 Å². The van der Waals surface area contributed by atoms with E-state index in [0.29, 0.717) is 5.56 Å². The highest BCUT2D eigenvalue weighted by Gasteiger charge is 2.21. The van der Waals surface area contributed by atoms with Gasteiger partial charge in [0.25, 0.3) is 0 Å². The van der Waals surface area contributed by atoms with Gasteiger partial charge < -0.3 is 4.74 Å². The Balaban J connectivity index is 2.03. The van der Waals surface area contributed by atoms with Crippen molar-refractivity contribution >= 4 is 22.7 Å². The molecule has 0 aliphatic rings. The fourth-order valence-corrected chi connectivity index (χ4v) is 2.63. The van der Waals surface area contributed by atoms with Crippen LogP contribution in [0, 0.1) is 0 Å². The maximum absolute atomic E-state index is 12.6. The summed E-state index contributed by atoms with van der Waals surface area (Å²) in [5, 5.41) is 5.15. The van der Waals surface area contributed by atoms with Crippen molar-refractivity contribution in [3.8, 4) is 5.75 Å². The minimum atomic E-state index is -0.570. The van der Waals surface area contributed by atoms with Crippen molar-refractivity contribution in [1.82, 2.24) is 9.78 Å². The number of carbonyl (C=O) groups is 2. The lowest BCUT2D eigenvalue weighted by Gasteiger charge is -2.07. The van der Waals surface area contributed by atoms with Gasteiger partial charge in [0.1, 0.15) is 5.75 Å². The lowest BCUT2D eigenvalue weighted by atomic mass is 10.1. The number of fused-ring (bicyclic) bond motifs is 1. The number of nitrogens with zero attached hydrogens (tertiary/aromatic N) is 2. The first-order valence-electron chi connectivity index (χ1n) is 7.78. The second-order valence-corrected chi connectivity index (χ2v) is 5.85. The molecular weight excluding hydrogens is 304 g/mol. The molecule has 0 unspecified atom stereocenters. The predicted molar refractivity (Wildman–Crippen MR) is 91.5 cm³/mol. The summed E-state index contributed by atoms with van der Waals surface area (Å²) in [5.41, 5.74) is 1.50. The third kappa shape index (κ3) is 2.80. The Morgan fingerprint density at radius 1 is 1.04 bits per heavy atom. The van der Waals surface area contributed by atoms with E-state index in [2.05, 4.69) is 5.10 Å². The molecule has 5 heteroatoms. The van der Waals surface area contributed by atoms with Crippen molar-refractivity contribution in [1.29, 1.82) is 0 Å². The van der Waals surface area contributed by atoms with Gasteiger partial charge in [0, 0.05) is 11.4 Å². The number of Topliss-reactive ketones (excluding diaryl/α,β-unsaturated/α-hetero) is 1. The number of rotatable bonds is 4. The van der Waals surface area contributed by atoms with Crippen LogP contribution in [-0.4, -0.2) is 21.5 Å². The second kappa shape index (κ2) is 6.28. The first kappa shape index (κ1) is 15.9. The van der Waals surface area contributed by atoms with Crippen molar-refractivity contribution in [3.63, 3.8) is 0 Å². The van der Waals surface area contributed by atoms with Crippen molar-refractivity contribution in [2.75, 3.05) is 0 Å². The van der Waals surface area contributed by atoms with Gasteiger partial charge in [-0.3, -0.25) is 9.48 Å². The van der Waals surface area contributed by atoms with Crippen molar-refractivity contribution in [2.24, 2.45) is 0 Å². The molecule has 5 nitrogen and oxygen atoms in total.